The summed E-state index contributed by atoms with van der Waals surface area (Å²) in [7, 11) is 0. The predicted molar refractivity (Wildman–Crippen MR) is 98.2 cm³/mol. The van der Waals surface area contributed by atoms with Crippen LogP contribution in [0.2, 0.25) is 0 Å². The Morgan fingerprint density at radius 2 is 2.24 bits per heavy atom. The van der Waals surface area contributed by atoms with Crippen LogP contribution in [0.25, 0.3) is 11.0 Å². The number of benzene rings is 2. The zero-order valence-electron chi connectivity index (χ0n) is 13.1. The molecule has 0 bridgehead atoms. The van der Waals surface area contributed by atoms with Gasteiger partial charge in [-0.15, -0.1) is 0 Å². The van der Waals surface area contributed by atoms with Crippen LogP contribution in [0.5, 0.6) is 0 Å². The first kappa shape index (κ1) is 16.0. The SMILES string of the molecule is Cc1cc(Br)ccc1Nc1c(N2C=NC(N)O2)cc2[nH]cnc2c1F. The van der Waals surface area contributed by atoms with Crippen LogP contribution in [0.15, 0.2) is 40.1 Å². The Morgan fingerprint density at radius 1 is 1.40 bits per heavy atom. The van der Waals surface area contributed by atoms with Gasteiger partial charge in [-0.1, -0.05) is 15.9 Å². The summed E-state index contributed by atoms with van der Waals surface area (Å²) in [6.45, 7) is 1.93. The number of nitrogens with zero attached hydrogens (tertiary/aromatic N) is 3. The quantitative estimate of drug-likeness (QED) is 0.620. The maximum Gasteiger partial charge on any atom is 0.228 e. The van der Waals surface area contributed by atoms with E-state index in [1.54, 1.807) is 6.07 Å². The monoisotopic (exact) mass is 404 g/mol. The Morgan fingerprint density at radius 3 is 2.96 bits per heavy atom. The molecule has 1 atom stereocenters. The van der Waals surface area contributed by atoms with Crippen LogP contribution in [0, 0.1) is 12.7 Å². The van der Waals surface area contributed by atoms with Gasteiger partial charge >= 0.3 is 0 Å². The number of rotatable bonds is 3. The normalized spacial score (nSPS) is 16.8. The van der Waals surface area contributed by atoms with E-state index in [1.807, 2.05) is 25.1 Å². The topological polar surface area (TPSA) is 91.6 Å². The highest BCUT2D eigenvalue weighted by atomic mass is 79.9. The van der Waals surface area contributed by atoms with Gasteiger partial charge in [-0.05, 0) is 36.8 Å². The largest absolute Gasteiger partial charge is 0.351 e. The number of aromatic nitrogens is 2. The zero-order chi connectivity index (χ0) is 17.6. The summed E-state index contributed by atoms with van der Waals surface area (Å²) in [5, 5.41) is 4.47. The summed E-state index contributed by atoms with van der Waals surface area (Å²) < 4.78 is 16.0. The third-order valence-electron chi connectivity index (χ3n) is 3.86. The van der Waals surface area contributed by atoms with Gasteiger partial charge < -0.3 is 10.3 Å². The number of hydrogen-bond acceptors (Lipinski definition) is 6. The van der Waals surface area contributed by atoms with Crippen molar-refractivity contribution in [2.24, 2.45) is 10.7 Å². The van der Waals surface area contributed by atoms with Crippen molar-refractivity contribution >= 4 is 50.4 Å². The average molecular weight is 405 g/mol. The van der Waals surface area contributed by atoms with Crippen molar-refractivity contribution in [3.05, 3.63) is 46.4 Å². The molecule has 2 aromatic carbocycles. The molecule has 7 nitrogen and oxygen atoms in total. The lowest BCUT2D eigenvalue weighted by atomic mass is 10.1. The minimum atomic E-state index is -0.817. The molecule has 1 aliphatic heterocycles. The summed E-state index contributed by atoms with van der Waals surface area (Å²) in [5.41, 5.74) is 8.80. The van der Waals surface area contributed by atoms with Gasteiger partial charge in [0.1, 0.15) is 17.5 Å². The van der Waals surface area contributed by atoms with Crippen LogP contribution in [0.4, 0.5) is 21.5 Å². The van der Waals surface area contributed by atoms with Crippen LogP contribution >= 0.6 is 15.9 Å². The molecular formula is C16H14BrFN6O. The van der Waals surface area contributed by atoms with Gasteiger partial charge in [-0.2, -0.15) is 0 Å². The van der Waals surface area contributed by atoms with E-state index in [4.69, 9.17) is 10.6 Å². The van der Waals surface area contributed by atoms with Crippen LogP contribution in [0.1, 0.15) is 5.56 Å². The lowest BCUT2D eigenvalue weighted by molar-refractivity contribution is 0.0926. The Bertz CT molecular complexity index is 988. The molecule has 0 aliphatic carbocycles. The Balaban J connectivity index is 1.85. The first-order valence-electron chi connectivity index (χ1n) is 7.46. The Hall–Kier alpha value is -2.49. The van der Waals surface area contributed by atoms with Gasteiger partial charge in [0.05, 0.1) is 17.5 Å². The lowest BCUT2D eigenvalue weighted by Crippen LogP contribution is -2.25. The number of halogens is 2. The number of hydroxylamine groups is 1. The third kappa shape index (κ3) is 2.86. The average Bonchev–Trinajstić information content (AvgIpc) is 3.20. The standard InChI is InChI=1S/C16H14BrFN6O/c1-8-4-9(17)2-3-10(8)23-15-12(24-7-22-16(19)25-24)5-11-14(13(15)18)21-6-20-11/h2-7,16,23H,19H2,1H3,(H,20,21). The summed E-state index contributed by atoms with van der Waals surface area (Å²) >= 11 is 3.42. The van der Waals surface area contributed by atoms with Crippen LogP contribution in [-0.2, 0) is 4.84 Å². The highest BCUT2D eigenvalue weighted by Gasteiger charge is 2.24. The van der Waals surface area contributed by atoms with Crippen LogP contribution < -0.4 is 16.1 Å². The molecule has 0 spiro atoms. The number of H-pyrrole nitrogens is 1. The molecule has 1 aliphatic rings. The fourth-order valence-corrected chi connectivity index (χ4v) is 3.12. The smallest absolute Gasteiger partial charge is 0.228 e. The maximum atomic E-state index is 15.1. The molecule has 128 valence electrons. The van der Waals surface area contributed by atoms with Crippen molar-refractivity contribution in [2.45, 2.75) is 13.3 Å². The molecule has 25 heavy (non-hydrogen) atoms. The van der Waals surface area contributed by atoms with Crippen molar-refractivity contribution in [3.8, 4) is 0 Å². The summed E-state index contributed by atoms with van der Waals surface area (Å²) in [6.07, 6.45) is 2.04. The van der Waals surface area contributed by atoms with Gasteiger partial charge in [0.25, 0.3) is 0 Å². The number of hydrogen-bond donors (Lipinski definition) is 3. The predicted octanol–water partition coefficient (Wildman–Crippen LogP) is 3.54. The number of aryl methyl sites for hydroxylation is 1. The summed E-state index contributed by atoms with van der Waals surface area (Å²) in [5.74, 6) is -0.492. The fourth-order valence-electron chi connectivity index (χ4n) is 2.64. The van der Waals surface area contributed by atoms with Gasteiger partial charge in [-0.25, -0.2) is 24.3 Å². The molecule has 1 unspecified atom stereocenters. The molecule has 0 saturated heterocycles. The van der Waals surface area contributed by atoms with E-state index in [9.17, 15) is 0 Å². The molecule has 1 aromatic heterocycles. The highest BCUT2D eigenvalue weighted by molar-refractivity contribution is 9.10. The van der Waals surface area contributed by atoms with E-state index in [0.717, 1.165) is 15.7 Å². The minimum absolute atomic E-state index is 0.227. The molecule has 4 rings (SSSR count). The number of aromatic amines is 1. The van der Waals surface area contributed by atoms with Gasteiger partial charge in [-0.3, -0.25) is 5.73 Å². The third-order valence-corrected chi connectivity index (χ3v) is 4.35. The molecule has 9 heteroatoms. The number of imidazole rings is 1. The van der Waals surface area contributed by atoms with Crippen molar-refractivity contribution in [1.29, 1.82) is 0 Å². The molecule has 0 saturated carbocycles. The number of nitrogens with two attached hydrogens (primary N) is 1. The zero-order valence-corrected chi connectivity index (χ0v) is 14.7. The maximum absolute atomic E-state index is 15.1. The second kappa shape index (κ2) is 6.10. The fraction of sp³-hybridized carbons (Fsp3) is 0.125. The first-order valence-corrected chi connectivity index (χ1v) is 8.26. The Kier molecular flexibility index (Phi) is 3.91. The van der Waals surface area contributed by atoms with E-state index in [0.29, 0.717) is 11.2 Å². The highest BCUT2D eigenvalue weighted by Crippen LogP contribution is 2.37. The number of aliphatic imine (C=N–C) groups is 1. The number of anilines is 3. The number of fused-ring (bicyclic) bond motifs is 1. The van der Waals surface area contributed by atoms with Crippen LogP contribution in [-0.4, -0.2) is 22.7 Å². The molecule has 4 N–H and O–H groups in total. The van der Waals surface area contributed by atoms with Crippen molar-refractivity contribution < 1.29 is 9.23 Å². The van der Waals surface area contributed by atoms with E-state index < -0.39 is 12.2 Å². The van der Waals surface area contributed by atoms with Crippen LogP contribution in [0.3, 0.4) is 0 Å². The molecule has 0 radical (unpaired) electrons. The first-order chi connectivity index (χ1) is 12.0. The summed E-state index contributed by atoms with van der Waals surface area (Å²) in [6, 6.07) is 7.41. The van der Waals surface area contributed by atoms with Crippen molar-refractivity contribution in [3.63, 3.8) is 0 Å². The van der Waals surface area contributed by atoms with Gasteiger partial charge in [0, 0.05) is 10.2 Å². The number of nitrogens with one attached hydrogen (secondary N) is 2. The molecule has 3 aromatic rings. The molecule has 2 heterocycles. The molecule has 0 amide bonds. The Labute approximate surface area is 150 Å². The lowest BCUT2D eigenvalue weighted by Gasteiger charge is -2.20. The van der Waals surface area contributed by atoms with E-state index in [1.165, 1.54) is 17.7 Å². The van der Waals surface area contributed by atoms with Gasteiger partial charge in [0.2, 0.25) is 6.35 Å². The second-order valence-electron chi connectivity index (χ2n) is 5.55. The minimum Gasteiger partial charge on any atom is -0.351 e. The van der Waals surface area contributed by atoms with Gasteiger partial charge in [0.15, 0.2) is 5.82 Å². The molecule has 0 fully saturated rings. The second-order valence-corrected chi connectivity index (χ2v) is 6.47. The molecular weight excluding hydrogens is 391 g/mol. The van der Waals surface area contributed by atoms with E-state index >= 15 is 4.39 Å². The van der Waals surface area contributed by atoms with E-state index in [2.05, 4.69) is 36.2 Å². The summed E-state index contributed by atoms with van der Waals surface area (Å²) in [4.78, 5) is 16.3. The van der Waals surface area contributed by atoms with Crippen molar-refractivity contribution in [2.75, 3.05) is 10.4 Å². The van der Waals surface area contributed by atoms with E-state index in [-0.39, 0.29) is 11.2 Å². The van der Waals surface area contributed by atoms with Crippen molar-refractivity contribution in [1.82, 2.24) is 9.97 Å².